The maximum atomic E-state index is 6.04. The molecule has 1 heterocycles. The fourth-order valence-electron chi connectivity index (χ4n) is 5.49. The molecule has 2 unspecified atom stereocenters. The molecule has 2 aliphatic rings. The molecule has 0 saturated heterocycles. The molecule has 0 aromatic carbocycles. The van der Waals surface area contributed by atoms with Gasteiger partial charge in [-0.15, -0.1) is 0 Å². The van der Waals surface area contributed by atoms with Crippen LogP contribution in [0.3, 0.4) is 0 Å². The Morgan fingerprint density at radius 3 is 2.32 bits per heavy atom. The van der Waals surface area contributed by atoms with Gasteiger partial charge < -0.3 is 14.4 Å². The van der Waals surface area contributed by atoms with Crippen molar-refractivity contribution in [2.45, 2.75) is 96.8 Å². The quantitative estimate of drug-likeness (QED) is 0.617. The number of rotatable bonds is 10. The van der Waals surface area contributed by atoms with Crippen LogP contribution in [0, 0.1) is 5.41 Å². The van der Waals surface area contributed by atoms with E-state index in [1.165, 1.54) is 62.6 Å². The smallest absolute Gasteiger partial charge is 0.0842 e. The predicted molar refractivity (Wildman–Crippen MR) is 114 cm³/mol. The highest BCUT2D eigenvalue weighted by molar-refractivity contribution is 5.21. The van der Waals surface area contributed by atoms with Crippen LogP contribution in [0.4, 0.5) is 0 Å². The maximum Gasteiger partial charge on any atom is 0.0842 e. The summed E-state index contributed by atoms with van der Waals surface area (Å²) in [5.41, 5.74) is 3.21. The van der Waals surface area contributed by atoms with Crippen molar-refractivity contribution in [2.75, 3.05) is 26.8 Å². The van der Waals surface area contributed by atoms with Gasteiger partial charge in [0, 0.05) is 36.9 Å². The first-order valence-electron chi connectivity index (χ1n) is 11.5. The molecule has 2 atom stereocenters. The van der Waals surface area contributed by atoms with Crippen LogP contribution in [-0.4, -0.2) is 54.1 Å². The largest absolute Gasteiger partial charge is 0.376 e. The average molecular weight is 392 g/mol. The lowest BCUT2D eigenvalue weighted by molar-refractivity contribution is -0.0489. The second-order valence-corrected chi connectivity index (χ2v) is 9.07. The van der Waals surface area contributed by atoms with Crippen LogP contribution in [0.25, 0.3) is 0 Å². The van der Waals surface area contributed by atoms with E-state index in [9.17, 15) is 0 Å². The molecule has 5 heteroatoms. The number of unbranched alkanes of at least 4 members (excludes halogenated alkanes) is 1. The average Bonchev–Trinajstić information content (AvgIpc) is 3.27. The van der Waals surface area contributed by atoms with Crippen molar-refractivity contribution in [3.05, 3.63) is 17.5 Å². The van der Waals surface area contributed by atoms with Crippen LogP contribution in [0.15, 0.2) is 6.20 Å². The van der Waals surface area contributed by atoms with Crippen LogP contribution in [0.5, 0.6) is 0 Å². The number of nitrogens with one attached hydrogen (secondary N) is 1. The number of hydrogen-bond donors (Lipinski definition) is 1. The first kappa shape index (κ1) is 21.8. The van der Waals surface area contributed by atoms with E-state index in [4.69, 9.17) is 9.47 Å². The molecule has 0 aliphatic heterocycles. The minimum atomic E-state index is 0.288. The Hall–Kier alpha value is -0.910. The Kier molecular flexibility index (Phi) is 7.95. The van der Waals surface area contributed by atoms with E-state index < -0.39 is 0 Å². The summed E-state index contributed by atoms with van der Waals surface area (Å²) in [5.74, 6) is 0.624. The summed E-state index contributed by atoms with van der Waals surface area (Å²) in [5, 5.41) is 7.75. The van der Waals surface area contributed by atoms with Gasteiger partial charge in [0.15, 0.2) is 0 Å². The number of hydrogen-bond acceptors (Lipinski definition) is 4. The van der Waals surface area contributed by atoms with Gasteiger partial charge in [-0.1, -0.05) is 13.3 Å². The SMILES string of the molecule is CCCCN(C)Cc1cn[nH]c1C1CCC2(CC1)CC(OCC)C(OCC)C2. The fourth-order valence-corrected chi connectivity index (χ4v) is 5.49. The minimum absolute atomic E-state index is 0.288. The van der Waals surface area contributed by atoms with Crippen molar-refractivity contribution in [2.24, 2.45) is 5.41 Å². The molecule has 0 amide bonds. The van der Waals surface area contributed by atoms with E-state index in [1.807, 2.05) is 6.20 Å². The topological polar surface area (TPSA) is 50.4 Å². The lowest BCUT2D eigenvalue weighted by Gasteiger charge is -2.37. The first-order valence-corrected chi connectivity index (χ1v) is 11.5. The van der Waals surface area contributed by atoms with E-state index in [1.54, 1.807) is 0 Å². The maximum absolute atomic E-state index is 6.04. The fraction of sp³-hybridized carbons (Fsp3) is 0.870. The molecule has 1 N–H and O–H groups in total. The molecule has 2 aliphatic carbocycles. The van der Waals surface area contributed by atoms with E-state index in [0.29, 0.717) is 11.3 Å². The van der Waals surface area contributed by atoms with Gasteiger partial charge >= 0.3 is 0 Å². The summed E-state index contributed by atoms with van der Waals surface area (Å²) in [6, 6.07) is 0. The standard InChI is InChI=1S/C23H41N3O2/c1-5-8-13-26(4)17-19-16-24-25-22(19)18-9-11-23(12-10-18)14-20(27-6-2)21(15-23)28-7-3/h16,18,20-21H,5-15,17H2,1-4H3,(H,24,25). The number of aromatic nitrogens is 2. The van der Waals surface area contributed by atoms with E-state index in [0.717, 1.165) is 26.3 Å². The van der Waals surface area contributed by atoms with Crippen molar-refractivity contribution in [1.29, 1.82) is 0 Å². The Morgan fingerprint density at radius 2 is 1.75 bits per heavy atom. The second kappa shape index (κ2) is 10.2. The molecule has 28 heavy (non-hydrogen) atoms. The van der Waals surface area contributed by atoms with Gasteiger partial charge in [-0.2, -0.15) is 5.10 Å². The molecule has 160 valence electrons. The zero-order chi connectivity index (χ0) is 20.0. The predicted octanol–water partition coefficient (Wildman–Crippen LogP) is 4.89. The Bertz CT molecular complexity index is 564. The number of aromatic amines is 1. The Balaban J connectivity index is 1.58. The second-order valence-electron chi connectivity index (χ2n) is 9.07. The summed E-state index contributed by atoms with van der Waals surface area (Å²) in [4.78, 5) is 2.43. The van der Waals surface area contributed by atoms with Gasteiger partial charge in [-0.25, -0.2) is 0 Å². The normalized spacial score (nSPS) is 30.5. The van der Waals surface area contributed by atoms with Crippen LogP contribution in [-0.2, 0) is 16.0 Å². The molecular formula is C23H41N3O2. The van der Waals surface area contributed by atoms with Gasteiger partial charge in [0.2, 0.25) is 0 Å². The summed E-state index contributed by atoms with van der Waals surface area (Å²) in [6.07, 6.45) is 12.6. The molecule has 3 rings (SSSR count). The lowest BCUT2D eigenvalue weighted by atomic mass is 9.68. The lowest BCUT2D eigenvalue weighted by Crippen LogP contribution is -2.26. The molecule has 2 fully saturated rings. The van der Waals surface area contributed by atoms with Crippen molar-refractivity contribution < 1.29 is 9.47 Å². The van der Waals surface area contributed by atoms with Crippen LogP contribution >= 0.6 is 0 Å². The highest BCUT2D eigenvalue weighted by Gasteiger charge is 2.48. The number of ether oxygens (including phenoxy) is 2. The van der Waals surface area contributed by atoms with Crippen molar-refractivity contribution in [1.82, 2.24) is 15.1 Å². The Morgan fingerprint density at radius 1 is 1.11 bits per heavy atom. The highest BCUT2D eigenvalue weighted by Crippen LogP contribution is 2.53. The summed E-state index contributed by atoms with van der Waals surface area (Å²) in [6.45, 7) is 10.2. The first-order chi connectivity index (χ1) is 13.6. The van der Waals surface area contributed by atoms with Crippen LogP contribution < -0.4 is 0 Å². The summed E-state index contributed by atoms with van der Waals surface area (Å²) >= 11 is 0. The number of nitrogens with zero attached hydrogens (tertiary/aromatic N) is 2. The van der Waals surface area contributed by atoms with Crippen molar-refractivity contribution in [3.8, 4) is 0 Å². The van der Waals surface area contributed by atoms with Gasteiger partial charge in [0.1, 0.15) is 0 Å². The van der Waals surface area contributed by atoms with Crippen LogP contribution in [0.2, 0.25) is 0 Å². The number of H-pyrrole nitrogens is 1. The molecule has 1 aromatic heterocycles. The molecule has 5 nitrogen and oxygen atoms in total. The van der Waals surface area contributed by atoms with Crippen molar-refractivity contribution >= 4 is 0 Å². The van der Waals surface area contributed by atoms with Gasteiger partial charge in [0.25, 0.3) is 0 Å². The van der Waals surface area contributed by atoms with E-state index in [2.05, 4.69) is 42.9 Å². The molecule has 0 bridgehead atoms. The summed E-state index contributed by atoms with van der Waals surface area (Å²) < 4.78 is 12.1. The van der Waals surface area contributed by atoms with E-state index >= 15 is 0 Å². The van der Waals surface area contributed by atoms with E-state index in [-0.39, 0.29) is 12.2 Å². The Labute approximate surface area is 171 Å². The third-order valence-corrected chi connectivity index (χ3v) is 6.98. The third kappa shape index (κ3) is 5.17. The molecule has 0 radical (unpaired) electrons. The zero-order valence-corrected chi connectivity index (χ0v) is 18.5. The third-order valence-electron chi connectivity index (χ3n) is 6.98. The van der Waals surface area contributed by atoms with Crippen molar-refractivity contribution in [3.63, 3.8) is 0 Å². The molecular weight excluding hydrogens is 350 g/mol. The van der Waals surface area contributed by atoms with Crippen LogP contribution in [0.1, 0.15) is 89.3 Å². The highest BCUT2D eigenvalue weighted by atomic mass is 16.5. The monoisotopic (exact) mass is 391 g/mol. The minimum Gasteiger partial charge on any atom is -0.376 e. The van der Waals surface area contributed by atoms with Gasteiger partial charge in [-0.3, -0.25) is 5.10 Å². The van der Waals surface area contributed by atoms with Gasteiger partial charge in [0.05, 0.1) is 18.4 Å². The molecule has 1 aromatic rings. The molecule has 1 spiro atoms. The summed E-state index contributed by atoms with van der Waals surface area (Å²) in [7, 11) is 2.22. The molecule has 2 saturated carbocycles. The zero-order valence-electron chi connectivity index (χ0n) is 18.5. The van der Waals surface area contributed by atoms with Gasteiger partial charge in [-0.05, 0) is 77.8 Å².